The molecule has 0 saturated carbocycles. The van der Waals surface area contributed by atoms with Gasteiger partial charge in [0.25, 0.3) is 0 Å². The van der Waals surface area contributed by atoms with Gasteiger partial charge in [0.2, 0.25) is 0 Å². The summed E-state index contributed by atoms with van der Waals surface area (Å²) in [6, 6.07) is 16.0. The van der Waals surface area contributed by atoms with Gasteiger partial charge in [0, 0.05) is 24.7 Å². The molecule has 1 aliphatic rings. The first-order valence-electron chi connectivity index (χ1n) is 10.7. The van der Waals surface area contributed by atoms with Crippen LogP contribution in [0.15, 0.2) is 54.9 Å². The summed E-state index contributed by atoms with van der Waals surface area (Å²) < 4.78 is 16.8. The van der Waals surface area contributed by atoms with Gasteiger partial charge in [-0.25, -0.2) is 15.0 Å². The second-order valence-electron chi connectivity index (χ2n) is 7.80. The van der Waals surface area contributed by atoms with Crippen molar-refractivity contribution in [3.63, 3.8) is 0 Å². The van der Waals surface area contributed by atoms with Gasteiger partial charge in [0.1, 0.15) is 23.6 Å². The van der Waals surface area contributed by atoms with Crippen LogP contribution in [0.1, 0.15) is 11.7 Å². The molecule has 5 rings (SSSR count). The minimum Gasteiger partial charge on any atom is -0.497 e. The van der Waals surface area contributed by atoms with E-state index in [0.717, 1.165) is 41.0 Å². The van der Waals surface area contributed by atoms with E-state index in [4.69, 9.17) is 24.9 Å². The zero-order valence-electron chi connectivity index (χ0n) is 18.5. The third-order valence-corrected chi connectivity index (χ3v) is 5.80. The highest BCUT2D eigenvalue weighted by Crippen LogP contribution is 2.37. The number of rotatable bonds is 5. The molecule has 0 bridgehead atoms. The standard InChI is InChI=1S/C25H25N5O3/c1-31-18-9-17(10-19(11-18)32-2)20-12-21(30-25-23(20)24(26)28-14-29-25)15-3-5-16(6-4-15)22-13-27-7-8-33-22/h3-6,9-12,14,22,27H,7-8,13H2,1-2H3,(H2,26,28,29,30). The van der Waals surface area contributed by atoms with E-state index in [0.29, 0.717) is 35.0 Å². The Morgan fingerprint density at radius 2 is 1.73 bits per heavy atom. The van der Waals surface area contributed by atoms with Gasteiger partial charge in [0.05, 0.1) is 38.0 Å². The van der Waals surface area contributed by atoms with E-state index in [1.165, 1.54) is 6.33 Å². The van der Waals surface area contributed by atoms with Crippen LogP contribution in [0, 0.1) is 0 Å². The zero-order valence-corrected chi connectivity index (χ0v) is 18.5. The molecule has 3 heterocycles. The van der Waals surface area contributed by atoms with Crippen molar-refractivity contribution in [3.8, 4) is 33.9 Å². The van der Waals surface area contributed by atoms with Crippen molar-refractivity contribution in [2.24, 2.45) is 0 Å². The molecule has 1 fully saturated rings. The van der Waals surface area contributed by atoms with Gasteiger partial charge in [-0.15, -0.1) is 0 Å². The number of hydrogen-bond donors (Lipinski definition) is 2. The van der Waals surface area contributed by atoms with E-state index in [2.05, 4.69) is 39.6 Å². The number of pyridine rings is 1. The lowest BCUT2D eigenvalue weighted by Gasteiger charge is -2.24. The van der Waals surface area contributed by atoms with Gasteiger partial charge in [-0.2, -0.15) is 0 Å². The summed E-state index contributed by atoms with van der Waals surface area (Å²) in [5.41, 5.74) is 11.4. The first-order valence-corrected chi connectivity index (χ1v) is 10.7. The maximum Gasteiger partial charge on any atom is 0.165 e. The van der Waals surface area contributed by atoms with Crippen LogP contribution in [0.25, 0.3) is 33.4 Å². The second kappa shape index (κ2) is 9.01. The molecule has 2 aromatic heterocycles. The summed E-state index contributed by atoms with van der Waals surface area (Å²) in [5, 5.41) is 4.06. The van der Waals surface area contributed by atoms with Crippen LogP contribution >= 0.6 is 0 Å². The number of nitrogens with zero attached hydrogens (tertiary/aromatic N) is 3. The fraction of sp³-hybridized carbons (Fsp3) is 0.240. The number of hydrogen-bond acceptors (Lipinski definition) is 8. The number of morpholine rings is 1. The highest BCUT2D eigenvalue weighted by atomic mass is 16.5. The highest BCUT2D eigenvalue weighted by Gasteiger charge is 2.18. The van der Waals surface area contributed by atoms with E-state index in [9.17, 15) is 0 Å². The molecule has 3 N–H and O–H groups in total. The molecule has 0 spiro atoms. The molecule has 8 nitrogen and oxygen atoms in total. The Hall–Kier alpha value is -3.75. The summed E-state index contributed by atoms with van der Waals surface area (Å²) >= 11 is 0. The Labute approximate surface area is 191 Å². The molecule has 4 aromatic rings. The Morgan fingerprint density at radius 3 is 2.39 bits per heavy atom. The van der Waals surface area contributed by atoms with E-state index >= 15 is 0 Å². The topological polar surface area (TPSA) is 104 Å². The van der Waals surface area contributed by atoms with Gasteiger partial charge < -0.3 is 25.3 Å². The Kier molecular flexibility index (Phi) is 5.77. The number of nitrogen functional groups attached to an aromatic ring is 1. The number of fused-ring (bicyclic) bond motifs is 1. The second-order valence-corrected chi connectivity index (χ2v) is 7.80. The zero-order chi connectivity index (χ0) is 22.8. The lowest BCUT2D eigenvalue weighted by Crippen LogP contribution is -2.33. The Bertz CT molecular complexity index is 1270. The Morgan fingerprint density at radius 1 is 0.970 bits per heavy atom. The quantitative estimate of drug-likeness (QED) is 0.482. The Balaban J connectivity index is 1.63. The average Bonchev–Trinajstić information content (AvgIpc) is 2.88. The van der Waals surface area contributed by atoms with Crippen LogP contribution in [-0.4, -0.2) is 48.9 Å². The molecular formula is C25H25N5O3. The molecule has 33 heavy (non-hydrogen) atoms. The predicted octanol–water partition coefficient (Wildman–Crippen LogP) is 3.62. The molecule has 0 aliphatic carbocycles. The normalized spacial score (nSPS) is 16.0. The number of ether oxygens (including phenoxy) is 3. The third-order valence-electron chi connectivity index (χ3n) is 5.80. The van der Waals surface area contributed by atoms with Crippen LogP contribution < -0.4 is 20.5 Å². The van der Waals surface area contributed by atoms with Crippen LogP contribution in [0.5, 0.6) is 11.5 Å². The summed E-state index contributed by atoms with van der Waals surface area (Å²) in [4.78, 5) is 13.4. The molecule has 168 valence electrons. The largest absolute Gasteiger partial charge is 0.497 e. The minimum absolute atomic E-state index is 0.0599. The van der Waals surface area contributed by atoms with Crippen LogP contribution in [-0.2, 0) is 4.74 Å². The lowest BCUT2D eigenvalue weighted by molar-refractivity contribution is 0.0277. The molecule has 1 unspecified atom stereocenters. The van der Waals surface area contributed by atoms with E-state index < -0.39 is 0 Å². The fourth-order valence-electron chi connectivity index (χ4n) is 4.07. The van der Waals surface area contributed by atoms with Crippen molar-refractivity contribution >= 4 is 16.9 Å². The van der Waals surface area contributed by atoms with Gasteiger partial charge in [-0.05, 0) is 34.9 Å². The van der Waals surface area contributed by atoms with Crippen molar-refractivity contribution in [2.75, 3.05) is 39.6 Å². The van der Waals surface area contributed by atoms with E-state index in [1.54, 1.807) is 14.2 Å². The van der Waals surface area contributed by atoms with Crippen LogP contribution in [0.2, 0.25) is 0 Å². The fourth-order valence-corrected chi connectivity index (χ4v) is 4.07. The molecule has 8 heteroatoms. The minimum atomic E-state index is 0.0599. The number of nitrogens with two attached hydrogens (primary N) is 1. The number of nitrogens with one attached hydrogen (secondary N) is 1. The van der Waals surface area contributed by atoms with Crippen LogP contribution in [0.4, 0.5) is 5.82 Å². The van der Waals surface area contributed by atoms with Gasteiger partial charge in [-0.3, -0.25) is 0 Å². The number of methoxy groups -OCH3 is 2. The molecular weight excluding hydrogens is 418 g/mol. The first kappa shape index (κ1) is 21.1. The van der Waals surface area contributed by atoms with Crippen molar-refractivity contribution in [1.82, 2.24) is 20.3 Å². The van der Waals surface area contributed by atoms with Crippen molar-refractivity contribution in [1.29, 1.82) is 0 Å². The lowest BCUT2D eigenvalue weighted by atomic mass is 9.98. The van der Waals surface area contributed by atoms with E-state index in [-0.39, 0.29) is 6.10 Å². The molecule has 2 aromatic carbocycles. The maximum atomic E-state index is 6.25. The summed E-state index contributed by atoms with van der Waals surface area (Å²) in [5.74, 6) is 1.72. The molecule has 1 saturated heterocycles. The molecule has 1 aliphatic heterocycles. The molecule has 0 radical (unpaired) electrons. The molecule has 1 atom stereocenters. The van der Waals surface area contributed by atoms with E-state index in [1.807, 2.05) is 24.3 Å². The summed E-state index contributed by atoms with van der Waals surface area (Å²) in [7, 11) is 3.25. The van der Waals surface area contributed by atoms with Crippen molar-refractivity contribution in [3.05, 3.63) is 60.4 Å². The highest BCUT2D eigenvalue weighted by molar-refractivity contribution is 6.01. The predicted molar refractivity (Wildman–Crippen MR) is 127 cm³/mol. The van der Waals surface area contributed by atoms with Gasteiger partial charge in [-0.1, -0.05) is 24.3 Å². The van der Waals surface area contributed by atoms with Gasteiger partial charge in [0.15, 0.2) is 5.65 Å². The average molecular weight is 444 g/mol. The number of anilines is 1. The monoisotopic (exact) mass is 443 g/mol. The summed E-state index contributed by atoms with van der Waals surface area (Å²) in [6.45, 7) is 2.41. The maximum absolute atomic E-state index is 6.25. The number of benzene rings is 2. The van der Waals surface area contributed by atoms with Crippen molar-refractivity contribution in [2.45, 2.75) is 6.10 Å². The van der Waals surface area contributed by atoms with Gasteiger partial charge >= 0.3 is 0 Å². The molecule has 0 amide bonds. The third kappa shape index (κ3) is 4.18. The SMILES string of the molecule is COc1cc(OC)cc(-c2cc(-c3ccc(C4CNCCO4)cc3)nc3ncnc(N)c23)c1. The van der Waals surface area contributed by atoms with Crippen LogP contribution in [0.3, 0.4) is 0 Å². The van der Waals surface area contributed by atoms with Crippen molar-refractivity contribution < 1.29 is 14.2 Å². The summed E-state index contributed by atoms with van der Waals surface area (Å²) in [6.07, 6.45) is 1.49. The first-order chi connectivity index (χ1) is 16.2. The smallest absolute Gasteiger partial charge is 0.165 e. The number of aromatic nitrogens is 3.